The molecule has 0 bridgehead atoms. The molecule has 0 aliphatic heterocycles. The molecule has 0 amide bonds. The predicted molar refractivity (Wildman–Crippen MR) is 66.2 cm³/mol. The fourth-order valence-electron chi connectivity index (χ4n) is 3.43. The molecule has 0 radical (unpaired) electrons. The van der Waals surface area contributed by atoms with Crippen molar-refractivity contribution in [2.75, 3.05) is 0 Å². The molecule has 0 aromatic heterocycles. The van der Waals surface area contributed by atoms with Crippen LogP contribution in [-0.4, -0.2) is 16.9 Å². The van der Waals surface area contributed by atoms with Gasteiger partial charge in [-0.2, -0.15) is 13.2 Å². The maximum absolute atomic E-state index is 12.2. The van der Waals surface area contributed by atoms with Crippen molar-refractivity contribution in [2.45, 2.75) is 71.1 Å². The Kier molecular flexibility index (Phi) is 5.10. The fraction of sp³-hybridized carbons (Fsp3) is 1.00. The Morgan fingerprint density at radius 3 is 2.39 bits per heavy atom. The van der Waals surface area contributed by atoms with Crippen LogP contribution in [0.5, 0.6) is 0 Å². The topological polar surface area (TPSA) is 20.2 Å². The van der Waals surface area contributed by atoms with E-state index in [4.69, 9.17) is 0 Å². The second-order valence-corrected chi connectivity index (χ2v) is 6.31. The Morgan fingerprint density at radius 1 is 1.28 bits per heavy atom. The first-order chi connectivity index (χ1) is 8.14. The standard InChI is InChI=1S/C14H25F3O/c1-10(2)12-6-5-11(3)9-13(12,18)7-4-8-14(15,16)17/h10-12,18H,4-9H2,1-3H3. The average Bonchev–Trinajstić information content (AvgIpc) is 2.13. The van der Waals surface area contributed by atoms with Crippen molar-refractivity contribution < 1.29 is 18.3 Å². The van der Waals surface area contributed by atoms with Crippen LogP contribution in [0.1, 0.15) is 59.3 Å². The summed E-state index contributed by atoms with van der Waals surface area (Å²) >= 11 is 0. The van der Waals surface area contributed by atoms with Crippen LogP contribution in [0, 0.1) is 17.8 Å². The first-order valence-electron chi connectivity index (χ1n) is 6.93. The molecule has 1 fully saturated rings. The van der Waals surface area contributed by atoms with Gasteiger partial charge in [-0.3, -0.25) is 0 Å². The lowest BCUT2D eigenvalue weighted by Gasteiger charge is -2.45. The number of halogens is 3. The third-order valence-corrected chi connectivity index (χ3v) is 4.24. The molecule has 18 heavy (non-hydrogen) atoms. The van der Waals surface area contributed by atoms with Gasteiger partial charge in [-0.1, -0.05) is 27.2 Å². The Morgan fingerprint density at radius 2 is 1.89 bits per heavy atom. The summed E-state index contributed by atoms with van der Waals surface area (Å²) in [5.74, 6) is 0.881. The van der Waals surface area contributed by atoms with Gasteiger partial charge in [-0.05, 0) is 43.4 Å². The summed E-state index contributed by atoms with van der Waals surface area (Å²) in [6.45, 7) is 6.18. The van der Waals surface area contributed by atoms with Crippen LogP contribution in [0.2, 0.25) is 0 Å². The molecular weight excluding hydrogens is 241 g/mol. The van der Waals surface area contributed by atoms with Gasteiger partial charge >= 0.3 is 6.18 Å². The highest BCUT2D eigenvalue weighted by Crippen LogP contribution is 2.44. The monoisotopic (exact) mass is 266 g/mol. The van der Waals surface area contributed by atoms with E-state index in [-0.39, 0.29) is 18.8 Å². The number of alkyl halides is 3. The highest BCUT2D eigenvalue weighted by atomic mass is 19.4. The molecule has 1 aliphatic rings. The fourth-order valence-corrected chi connectivity index (χ4v) is 3.43. The molecule has 0 spiro atoms. The molecule has 1 aliphatic carbocycles. The van der Waals surface area contributed by atoms with Crippen molar-refractivity contribution >= 4 is 0 Å². The van der Waals surface area contributed by atoms with Crippen molar-refractivity contribution in [3.63, 3.8) is 0 Å². The molecule has 0 heterocycles. The van der Waals surface area contributed by atoms with E-state index in [0.29, 0.717) is 18.3 Å². The van der Waals surface area contributed by atoms with Gasteiger partial charge in [-0.25, -0.2) is 0 Å². The molecule has 0 aromatic carbocycles. The van der Waals surface area contributed by atoms with Gasteiger partial charge in [0.2, 0.25) is 0 Å². The lowest BCUT2D eigenvalue weighted by molar-refractivity contribution is -0.142. The van der Waals surface area contributed by atoms with Crippen LogP contribution in [0.3, 0.4) is 0 Å². The summed E-state index contributed by atoms with van der Waals surface area (Å²) < 4.78 is 36.6. The number of rotatable bonds is 4. The van der Waals surface area contributed by atoms with Crippen LogP contribution in [0.25, 0.3) is 0 Å². The molecule has 1 rings (SSSR count). The lowest BCUT2D eigenvalue weighted by atomic mass is 9.65. The Labute approximate surface area is 108 Å². The quantitative estimate of drug-likeness (QED) is 0.792. The zero-order valence-electron chi connectivity index (χ0n) is 11.6. The normalized spacial score (nSPS) is 34.0. The molecule has 3 atom stereocenters. The van der Waals surface area contributed by atoms with E-state index in [1.54, 1.807) is 0 Å². The van der Waals surface area contributed by atoms with E-state index in [2.05, 4.69) is 20.8 Å². The molecule has 0 aromatic rings. The second kappa shape index (κ2) is 5.81. The first kappa shape index (κ1) is 15.8. The average molecular weight is 266 g/mol. The Bertz CT molecular complexity index is 262. The van der Waals surface area contributed by atoms with E-state index in [9.17, 15) is 18.3 Å². The van der Waals surface area contributed by atoms with Crippen LogP contribution in [0.15, 0.2) is 0 Å². The molecule has 4 heteroatoms. The van der Waals surface area contributed by atoms with Gasteiger partial charge in [0.25, 0.3) is 0 Å². The minimum atomic E-state index is -4.11. The third-order valence-electron chi connectivity index (χ3n) is 4.24. The molecule has 1 N–H and O–H groups in total. The van der Waals surface area contributed by atoms with E-state index in [1.165, 1.54) is 0 Å². The van der Waals surface area contributed by atoms with E-state index in [1.807, 2.05) is 0 Å². The van der Waals surface area contributed by atoms with Crippen LogP contribution >= 0.6 is 0 Å². The molecule has 108 valence electrons. The maximum atomic E-state index is 12.2. The summed E-state index contributed by atoms with van der Waals surface area (Å²) in [6, 6.07) is 0. The molecule has 1 nitrogen and oxygen atoms in total. The first-order valence-corrected chi connectivity index (χ1v) is 6.93. The van der Waals surface area contributed by atoms with Gasteiger partial charge < -0.3 is 5.11 Å². The zero-order valence-corrected chi connectivity index (χ0v) is 11.6. The van der Waals surface area contributed by atoms with E-state index >= 15 is 0 Å². The third kappa shape index (κ3) is 4.45. The van der Waals surface area contributed by atoms with Gasteiger partial charge in [0.15, 0.2) is 0 Å². The van der Waals surface area contributed by atoms with Gasteiger partial charge in [0.1, 0.15) is 0 Å². The molecule has 0 saturated heterocycles. The van der Waals surface area contributed by atoms with Gasteiger partial charge in [0, 0.05) is 6.42 Å². The summed E-state index contributed by atoms with van der Waals surface area (Å²) in [5.41, 5.74) is -0.892. The minimum absolute atomic E-state index is 0.0376. The smallest absolute Gasteiger partial charge is 0.389 e. The summed E-state index contributed by atoms with van der Waals surface area (Å²) in [6.07, 6.45) is -1.92. The van der Waals surface area contributed by atoms with Crippen molar-refractivity contribution in [2.24, 2.45) is 17.8 Å². The maximum Gasteiger partial charge on any atom is 0.389 e. The largest absolute Gasteiger partial charge is 0.390 e. The summed E-state index contributed by atoms with van der Waals surface area (Å²) in [4.78, 5) is 0. The summed E-state index contributed by atoms with van der Waals surface area (Å²) in [7, 11) is 0. The molecule has 1 saturated carbocycles. The number of hydrogen-bond acceptors (Lipinski definition) is 1. The van der Waals surface area contributed by atoms with Crippen molar-refractivity contribution in [3.8, 4) is 0 Å². The van der Waals surface area contributed by atoms with E-state index < -0.39 is 18.2 Å². The lowest BCUT2D eigenvalue weighted by Crippen LogP contribution is -2.45. The van der Waals surface area contributed by atoms with Gasteiger partial charge in [-0.15, -0.1) is 0 Å². The number of aliphatic hydroxyl groups is 1. The number of hydrogen-bond donors (Lipinski definition) is 1. The highest BCUT2D eigenvalue weighted by Gasteiger charge is 2.42. The molecular formula is C14H25F3O. The summed E-state index contributed by atoms with van der Waals surface area (Å²) in [5, 5.41) is 10.7. The SMILES string of the molecule is CC1CCC(C(C)C)C(O)(CCCC(F)(F)F)C1. The highest BCUT2D eigenvalue weighted by molar-refractivity contribution is 4.93. The van der Waals surface area contributed by atoms with Crippen molar-refractivity contribution in [3.05, 3.63) is 0 Å². The second-order valence-electron chi connectivity index (χ2n) is 6.31. The Balaban J connectivity index is 2.60. The van der Waals surface area contributed by atoms with Crippen molar-refractivity contribution in [1.29, 1.82) is 0 Å². The van der Waals surface area contributed by atoms with Crippen LogP contribution < -0.4 is 0 Å². The van der Waals surface area contributed by atoms with E-state index in [0.717, 1.165) is 12.8 Å². The molecule has 3 unspecified atom stereocenters. The van der Waals surface area contributed by atoms with Gasteiger partial charge in [0.05, 0.1) is 5.60 Å². The van der Waals surface area contributed by atoms with Crippen molar-refractivity contribution in [1.82, 2.24) is 0 Å². The Hall–Kier alpha value is -0.250. The predicted octanol–water partition coefficient (Wildman–Crippen LogP) is 4.54. The van der Waals surface area contributed by atoms with Crippen LogP contribution in [-0.2, 0) is 0 Å². The zero-order chi connectivity index (χ0) is 14.0. The van der Waals surface area contributed by atoms with Crippen LogP contribution in [0.4, 0.5) is 13.2 Å². The minimum Gasteiger partial charge on any atom is -0.390 e.